The molecular weight excluding hydrogens is 272 g/mol. The van der Waals surface area contributed by atoms with Crippen LogP contribution in [0.1, 0.15) is 34.4 Å². The lowest BCUT2D eigenvalue weighted by molar-refractivity contribution is -0.137. The van der Waals surface area contributed by atoms with E-state index in [9.17, 15) is 9.59 Å². The predicted molar refractivity (Wildman–Crippen MR) is 76.4 cm³/mol. The van der Waals surface area contributed by atoms with E-state index in [1.807, 2.05) is 19.9 Å². The van der Waals surface area contributed by atoms with Crippen LogP contribution in [0.15, 0.2) is 6.07 Å². The van der Waals surface area contributed by atoms with Gasteiger partial charge in [0.2, 0.25) is 0 Å². The van der Waals surface area contributed by atoms with Crippen LogP contribution in [0.3, 0.4) is 0 Å². The number of aryl methyl sites for hydroxylation is 3. The second-order valence-corrected chi connectivity index (χ2v) is 4.95. The number of carboxylic acids is 1. The predicted octanol–water partition coefficient (Wildman–Crippen LogP) is 1.20. The molecule has 0 aromatic carbocycles. The summed E-state index contributed by atoms with van der Waals surface area (Å²) < 4.78 is 1.62. The minimum Gasteiger partial charge on any atom is -0.480 e. The Hall–Kier alpha value is -2.44. The maximum atomic E-state index is 12.6. The van der Waals surface area contributed by atoms with Gasteiger partial charge in [-0.2, -0.15) is 5.10 Å². The van der Waals surface area contributed by atoms with Crippen molar-refractivity contribution in [1.29, 1.82) is 0 Å². The van der Waals surface area contributed by atoms with E-state index in [1.54, 1.807) is 18.4 Å². The summed E-state index contributed by atoms with van der Waals surface area (Å²) >= 11 is 0. The molecule has 1 N–H and O–H groups in total. The molecule has 2 heterocycles. The number of hydrogen-bond acceptors (Lipinski definition) is 4. The van der Waals surface area contributed by atoms with Gasteiger partial charge in [-0.3, -0.25) is 9.59 Å². The van der Waals surface area contributed by atoms with Crippen molar-refractivity contribution in [3.05, 3.63) is 28.7 Å². The average Bonchev–Trinajstić information content (AvgIpc) is 2.71. The summed E-state index contributed by atoms with van der Waals surface area (Å²) in [4.78, 5) is 29.1. The molecule has 0 bridgehead atoms. The first kappa shape index (κ1) is 15.0. The standard InChI is InChI=1S/C14H18N4O3/c1-5-17(7-11(19)20)14(21)12-10(4)16-18-9(3)6-8(2)15-13(12)18/h6H,5,7H2,1-4H3,(H,19,20). The van der Waals surface area contributed by atoms with Crippen molar-refractivity contribution < 1.29 is 14.7 Å². The fourth-order valence-corrected chi connectivity index (χ4v) is 2.33. The molecule has 0 saturated heterocycles. The maximum Gasteiger partial charge on any atom is 0.323 e. The Labute approximate surface area is 122 Å². The number of carbonyl (C=O) groups is 2. The van der Waals surface area contributed by atoms with E-state index in [-0.39, 0.29) is 12.5 Å². The van der Waals surface area contributed by atoms with E-state index >= 15 is 0 Å². The lowest BCUT2D eigenvalue weighted by Gasteiger charge is -2.18. The molecule has 0 aliphatic carbocycles. The van der Waals surface area contributed by atoms with Crippen LogP contribution in [0.2, 0.25) is 0 Å². The molecule has 1 amide bonds. The summed E-state index contributed by atoms with van der Waals surface area (Å²) in [6.45, 7) is 7.18. The van der Waals surface area contributed by atoms with Crippen LogP contribution >= 0.6 is 0 Å². The number of carboxylic acid groups (broad SMARTS) is 1. The van der Waals surface area contributed by atoms with Crippen molar-refractivity contribution >= 4 is 17.5 Å². The molecule has 2 aromatic rings. The van der Waals surface area contributed by atoms with E-state index in [0.717, 1.165) is 11.4 Å². The highest BCUT2D eigenvalue weighted by atomic mass is 16.4. The number of likely N-dealkylation sites (N-methyl/N-ethyl adjacent to an activating group) is 1. The van der Waals surface area contributed by atoms with Gasteiger partial charge in [0, 0.05) is 17.9 Å². The monoisotopic (exact) mass is 290 g/mol. The fourth-order valence-electron chi connectivity index (χ4n) is 2.33. The van der Waals surface area contributed by atoms with Crippen LogP contribution in [0.4, 0.5) is 0 Å². The summed E-state index contributed by atoms with van der Waals surface area (Å²) in [5.74, 6) is -1.40. The quantitative estimate of drug-likeness (QED) is 0.914. The first-order valence-corrected chi connectivity index (χ1v) is 6.69. The largest absolute Gasteiger partial charge is 0.480 e. The molecule has 0 fully saturated rings. The maximum absolute atomic E-state index is 12.6. The Bertz CT molecular complexity index is 721. The summed E-state index contributed by atoms with van der Waals surface area (Å²) in [5.41, 5.74) is 3.05. The summed E-state index contributed by atoms with van der Waals surface area (Å²) in [5, 5.41) is 13.2. The number of carbonyl (C=O) groups excluding carboxylic acids is 1. The third kappa shape index (κ3) is 2.72. The van der Waals surface area contributed by atoms with Crippen LogP contribution in [-0.2, 0) is 4.79 Å². The molecule has 7 heteroatoms. The summed E-state index contributed by atoms with van der Waals surface area (Å²) in [6, 6.07) is 1.88. The highest BCUT2D eigenvalue weighted by Gasteiger charge is 2.24. The van der Waals surface area contributed by atoms with Crippen LogP contribution in [0.25, 0.3) is 5.65 Å². The zero-order valence-corrected chi connectivity index (χ0v) is 12.5. The first-order valence-electron chi connectivity index (χ1n) is 6.69. The normalized spacial score (nSPS) is 10.9. The number of rotatable bonds is 4. The van der Waals surface area contributed by atoms with Gasteiger partial charge in [0.05, 0.1) is 5.69 Å². The van der Waals surface area contributed by atoms with Crippen molar-refractivity contribution in [2.45, 2.75) is 27.7 Å². The third-order valence-electron chi connectivity index (χ3n) is 3.28. The number of hydrogen-bond donors (Lipinski definition) is 1. The van der Waals surface area contributed by atoms with Crippen LogP contribution < -0.4 is 0 Å². The van der Waals surface area contributed by atoms with Crippen molar-refractivity contribution in [2.75, 3.05) is 13.1 Å². The molecule has 0 unspecified atom stereocenters. The van der Waals surface area contributed by atoms with Gasteiger partial charge in [-0.25, -0.2) is 9.50 Å². The molecule has 0 aliphatic rings. The van der Waals surface area contributed by atoms with Crippen LogP contribution in [0, 0.1) is 20.8 Å². The van der Waals surface area contributed by atoms with Gasteiger partial charge in [0.15, 0.2) is 5.65 Å². The Morgan fingerprint density at radius 1 is 1.33 bits per heavy atom. The van der Waals surface area contributed by atoms with Gasteiger partial charge in [0.25, 0.3) is 5.91 Å². The lowest BCUT2D eigenvalue weighted by atomic mass is 10.2. The molecule has 0 atom stereocenters. The van der Waals surface area contributed by atoms with Crippen molar-refractivity contribution in [1.82, 2.24) is 19.5 Å². The SMILES string of the molecule is CCN(CC(=O)O)C(=O)c1c(C)nn2c(C)cc(C)nc12. The molecular formula is C14H18N4O3. The second kappa shape index (κ2) is 5.51. The van der Waals surface area contributed by atoms with Gasteiger partial charge < -0.3 is 10.0 Å². The summed E-state index contributed by atoms with van der Waals surface area (Å²) in [6.07, 6.45) is 0. The Kier molecular flexibility index (Phi) is 3.93. The number of nitrogens with zero attached hydrogens (tertiary/aromatic N) is 4. The molecule has 0 spiro atoms. The van der Waals surface area contributed by atoms with Crippen LogP contribution in [-0.4, -0.2) is 49.6 Å². The van der Waals surface area contributed by atoms with E-state index in [0.29, 0.717) is 23.4 Å². The number of fused-ring (bicyclic) bond motifs is 1. The smallest absolute Gasteiger partial charge is 0.323 e. The van der Waals surface area contributed by atoms with Crippen molar-refractivity contribution in [2.24, 2.45) is 0 Å². The molecule has 0 radical (unpaired) electrons. The van der Waals surface area contributed by atoms with E-state index < -0.39 is 5.97 Å². The van der Waals surface area contributed by atoms with E-state index in [1.165, 1.54) is 4.90 Å². The average molecular weight is 290 g/mol. The van der Waals surface area contributed by atoms with Crippen molar-refractivity contribution in [3.63, 3.8) is 0 Å². The zero-order chi connectivity index (χ0) is 15.7. The molecule has 21 heavy (non-hydrogen) atoms. The number of aromatic nitrogens is 3. The molecule has 2 aromatic heterocycles. The highest BCUT2D eigenvalue weighted by molar-refractivity contribution is 6.02. The first-order chi connectivity index (χ1) is 9.85. The van der Waals surface area contributed by atoms with Gasteiger partial charge >= 0.3 is 5.97 Å². The highest BCUT2D eigenvalue weighted by Crippen LogP contribution is 2.18. The number of aliphatic carboxylic acids is 1. The van der Waals surface area contributed by atoms with E-state index in [4.69, 9.17) is 5.11 Å². The van der Waals surface area contributed by atoms with Gasteiger partial charge in [-0.05, 0) is 33.8 Å². The van der Waals surface area contributed by atoms with Crippen LogP contribution in [0.5, 0.6) is 0 Å². The molecule has 0 saturated carbocycles. The molecule has 0 aliphatic heterocycles. The van der Waals surface area contributed by atoms with E-state index in [2.05, 4.69) is 10.1 Å². The number of amides is 1. The van der Waals surface area contributed by atoms with Crippen molar-refractivity contribution in [3.8, 4) is 0 Å². The van der Waals surface area contributed by atoms with Gasteiger partial charge in [-0.15, -0.1) is 0 Å². The Morgan fingerprint density at radius 3 is 2.57 bits per heavy atom. The minimum atomic E-state index is -1.04. The second-order valence-electron chi connectivity index (χ2n) is 4.95. The lowest BCUT2D eigenvalue weighted by Crippen LogP contribution is -2.35. The Balaban J connectivity index is 2.57. The third-order valence-corrected chi connectivity index (χ3v) is 3.28. The molecule has 2 rings (SSSR count). The fraction of sp³-hybridized carbons (Fsp3) is 0.429. The molecule has 112 valence electrons. The zero-order valence-electron chi connectivity index (χ0n) is 12.5. The van der Waals surface area contributed by atoms with Gasteiger partial charge in [0.1, 0.15) is 12.1 Å². The summed E-state index contributed by atoms with van der Waals surface area (Å²) in [7, 11) is 0. The molecule has 7 nitrogen and oxygen atoms in total. The Morgan fingerprint density at radius 2 is 2.00 bits per heavy atom. The minimum absolute atomic E-state index is 0.312. The topological polar surface area (TPSA) is 87.8 Å². The van der Waals surface area contributed by atoms with Gasteiger partial charge in [-0.1, -0.05) is 0 Å².